The molecule has 4 unspecified atom stereocenters. The summed E-state index contributed by atoms with van der Waals surface area (Å²) in [6.45, 7) is 3.35. The first-order chi connectivity index (χ1) is 12.1. The van der Waals surface area contributed by atoms with Gasteiger partial charge in [-0.25, -0.2) is 13.1 Å². The topological polar surface area (TPSA) is 125 Å². The third-order valence-corrected chi connectivity index (χ3v) is 5.59. The van der Waals surface area contributed by atoms with Gasteiger partial charge in [0.25, 0.3) is 0 Å². The molecular weight excluding hydrogens is 384 g/mol. The third kappa shape index (κ3) is 5.38. The van der Waals surface area contributed by atoms with E-state index in [2.05, 4.69) is 10.0 Å². The number of carbonyl (C=O) groups is 1. The predicted octanol–water partition coefficient (Wildman–Crippen LogP) is 0.0222. The van der Waals surface area contributed by atoms with Crippen LogP contribution in [0.2, 0.25) is 5.02 Å². The molecule has 1 fully saturated rings. The van der Waals surface area contributed by atoms with Gasteiger partial charge < -0.3 is 20.3 Å². The molecule has 10 heteroatoms. The Kier molecular flexibility index (Phi) is 7.00. The van der Waals surface area contributed by atoms with E-state index in [-0.39, 0.29) is 29.8 Å². The Morgan fingerprint density at radius 2 is 1.77 bits per heavy atom. The van der Waals surface area contributed by atoms with Gasteiger partial charge in [0.2, 0.25) is 15.9 Å². The van der Waals surface area contributed by atoms with Crippen molar-refractivity contribution in [3.05, 3.63) is 29.3 Å². The van der Waals surface area contributed by atoms with Gasteiger partial charge in [-0.05, 0) is 38.1 Å². The average molecular weight is 407 g/mol. The van der Waals surface area contributed by atoms with Crippen molar-refractivity contribution in [2.45, 2.75) is 55.6 Å². The summed E-state index contributed by atoms with van der Waals surface area (Å²) in [5.41, 5.74) is 0. The number of hydrogen-bond acceptors (Lipinski definition) is 6. The van der Waals surface area contributed by atoms with E-state index >= 15 is 0 Å². The number of hydrogen-bond donors (Lipinski definition) is 4. The maximum Gasteiger partial charge on any atom is 0.240 e. The minimum absolute atomic E-state index is 0.0165. The second-order valence-electron chi connectivity index (χ2n) is 6.43. The highest BCUT2D eigenvalue weighted by Crippen LogP contribution is 2.24. The van der Waals surface area contributed by atoms with Crippen LogP contribution in [-0.2, 0) is 19.6 Å². The molecule has 1 aliphatic heterocycles. The number of amides is 1. The van der Waals surface area contributed by atoms with Crippen LogP contribution in [0.4, 0.5) is 0 Å². The Balaban J connectivity index is 1.95. The van der Waals surface area contributed by atoms with Crippen molar-refractivity contribution in [3.63, 3.8) is 0 Å². The fourth-order valence-corrected chi connectivity index (χ4v) is 3.79. The van der Waals surface area contributed by atoms with Crippen molar-refractivity contribution in [3.8, 4) is 0 Å². The standard InChI is InChI=1S/C16H23ClN2O6S/c1-9(2)19-14(20)7-12-15(21)16(22)13(25-12)8-18-26(23,24)11-5-3-10(17)4-6-11/h3-6,9,12-13,15-16,18,21-22H,7-8H2,1-2H3,(H,19,20). The predicted molar refractivity (Wildman–Crippen MR) is 95.2 cm³/mol. The van der Waals surface area contributed by atoms with Crippen molar-refractivity contribution in [2.75, 3.05) is 6.54 Å². The molecule has 1 aromatic rings. The Labute approximate surface area is 157 Å². The number of ether oxygens (including phenoxy) is 1. The second-order valence-corrected chi connectivity index (χ2v) is 8.63. The Morgan fingerprint density at radius 1 is 1.19 bits per heavy atom. The Hall–Kier alpha value is -1.23. The van der Waals surface area contributed by atoms with E-state index in [1.807, 2.05) is 0 Å². The summed E-state index contributed by atoms with van der Waals surface area (Å²) in [5.74, 6) is -0.321. The number of aliphatic hydroxyl groups excluding tert-OH is 2. The maximum absolute atomic E-state index is 12.3. The monoisotopic (exact) mass is 406 g/mol. The van der Waals surface area contributed by atoms with E-state index in [4.69, 9.17) is 16.3 Å². The zero-order valence-electron chi connectivity index (χ0n) is 14.4. The molecule has 0 aliphatic carbocycles. The molecule has 0 saturated carbocycles. The molecule has 4 N–H and O–H groups in total. The first-order valence-electron chi connectivity index (χ1n) is 8.16. The summed E-state index contributed by atoms with van der Waals surface area (Å²) in [5, 5.41) is 23.2. The van der Waals surface area contributed by atoms with Crippen molar-refractivity contribution in [1.82, 2.24) is 10.0 Å². The van der Waals surface area contributed by atoms with Gasteiger partial charge in [0.1, 0.15) is 18.3 Å². The van der Waals surface area contributed by atoms with Crippen LogP contribution in [-0.4, -0.2) is 61.5 Å². The number of sulfonamides is 1. The molecule has 1 amide bonds. The fourth-order valence-electron chi connectivity index (χ4n) is 2.62. The number of halogens is 1. The van der Waals surface area contributed by atoms with Gasteiger partial charge >= 0.3 is 0 Å². The molecule has 2 rings (SSSR count). The van der Waals surface area contributed by atoms with E-state index in [0.29, 0.717) is 5.02 Å². The van der Waals surface area contributed by atoms with Gasteiger partial charge in [-0.2, -0.15) is 0 Å². The molecule has 4 atom stereocenters. The zero-order chi connectivity index (χ0) is 19.5. The van der Waals surface area contributed by atoms with E-state index in [0.717, 1.165) is 0 Å². The van der Waals surface area contributed by atoms with Crippen LogP contribution in [0.5, 0.6) is 0 Å². The van der Waals surface area contributed by atoms with E-state index in [1.165, 1.54) is 24.3 Å². The van der Waals surface area contributed by atoms with Gasteiger partial charge in [0.15, 0.2) is 0 Å². The number of nitrogens with one attached hydrogen (secondary N) is 2. The van der Waals surface area contributed by atoms with Crippen LogP contribution in [0.15, 0.2) is 29.2 Å². The summed E-state index contributed by atoms with van der Waals surface area (Å²) in [6, 6.07) is 5.54. The van der Waals surface area contributed by atoms with Crippen LogP contribution in [0, 0.1) is 0 Å². The van der Waals surface area contributed by atoms with E-state index < -0.39 is 34.4 Å². The van der Waals surface area contributed by atoms with Crippen LogP contribution in [0.25, 0.3) is 0 Å². The quantitative estimate of drug-likeness (QED) is 0.506. The van der Waals surface area contributed by atoms with Gasteiger partial charge in [-0.3, -0.25) is 4.79 Å². The minimum atomic E-state index is -3.82. The van der Waals surface area contributed by atoms with E-state index in [9.17, 15) is 23.4 Å². The Morgan fingerprint density at radius 3 is 2.35 bits per heavy atom. The smallest absolute Gasteiger partial charge is 0.240 e. The van der Waals surface area contributed by atoms with Gasteiger partial charge in [-0.15, -0.1) is 0 Å². The molecule has 26 heavy (non-hydrogen) atoms. The number of carbonyl (C=O) groups excluding carboxylic acids is 1. The summed E-state index contributed by atoms with van der Waals surface area (Å²) in [7, 11) is -3.82. The van der Waals surface area contributed by atoms with E-state index in [1.54, 1.807) is 13.8 Å². The molecule has 8 nitrogen and oxygen atoms in total. The van der Waals surface area contributed by atoms with Gasteiger partial charge in [-0.1, -0.05) is 11.6 Å². The average Bonchev–Trinajstić information content (AvgIpc) is 2.80. The largest absolute Gasteiger partial charge is 0.388 e. The molecular formula is C16H23ClN2O6S. The third-order valence-electron chi connectivity index (χ3n) is 3.90. The van der Waals surface area contributed by atoms with Crippen LogP contribution in [0.1, 0.15) is 20.3 Å². The first-order valence-corrected chi connectivity index (χ1v) is 10.0. The molecule has 146 valence electrons. The molecule has 1 saturated heterocycles. The maximum atomic E-state index is 12.3. The lowest BCUT2D eigenvalue weighted by Gasteiger charge is -2.16. The number of benzene rings is 1. The lowest BCUT2D eigenvalue weighted by molar-refractivity contribution is -0.125. The van der Waals surface area contributed by atoms with Crippen molar-refractivity contribution >= 4 is 27.5 Å². The lowest BCUT2D eigenvalue weighted by Crippen LogP contribution is -2.40. The summed E-state index contributed by atoms with van der Waals surface area (Å²) >= 11 is 5.74. The minimum Gasteiger partial charge on any atom is -0.388 e. The molecule has 0 spiro atoms. The van der Waals surface area contributed by atoms with Crippen LogP contribution in [0.3, 0.4) is 0 Å². The van der Waals surface area contributed by atoms with Gasteiger partial charge in [0, 0.05) is 17.6 Å². The van der Waals surface area contributed by atoms with Crippen molar-refractivity contribution in [2.24, 2.45) is 0 Å². The highest BCUT2D eigenvalue weighted by Gasteiger charge is 2.43. The SMILES string of the molecule is CC(C)NC(=O)CC1OC(CNS(=O)(=O)c2ccc(Cl)cc2)C(O)C1O. The van der Waals surface area contributed by atoms with Gasteiger partial charge in [0.05, 0.1) is 17.4 Å². The second kappa shape index (κ2) is 8.64. The molecule has 1 aromatic carbocycles. The van der Waals surface area contributed by atoms with Crippen LogP contribution >= 0.6 is 11.6 Å². The lowest BCUT2D eigenvalue weighted by atomic mass is 10.1. The molecule has 0 radical (unpaired) electrons. The highest BCUT2D eigenvalue weighted by atomic mass is 35.5. The number of aliphatic hydroxyl groups is 2. The summed E-state index contributed by atoms with van der Waals surface area (Å²) in [4.78, 5) is 11.8. The highest BCUT2D eigenvalue weighted by molar-refractivity contribution is 7.89. The summed E-state index contributed by atoms with van der Waals surface area (Å²) in [6.07, 6.45) is -4.59. The van der Waals surface area contributed by atoms with Crippen molar-refractivity contribution in [1.29, 1.82) is 0 Å². The summed E-state index contributed by atoms with van der Waals surface area (Å²) < 4.78 is 32.3. The van der Waals surface area contributed by atoms with Crippen LogP contribution < -0.4 is 10.0 Å². The normalized spacial score (nSPS) is 26.2. The molecule has 1 heterocycles. The number of rotatable bonds is 7. The van der Waals surface area contributed by atoms with Crippen molar-refractivity contribution < 1.29 is 28.2 Å². The fraction of sp³-hybridized carbons (Fsp3) is 0.562. The molecule has 0 bridgehead atoms. The Bertz CT molecular complexity index is 725. The zero-order valence-corrected chi connectivity index (χ0v) is 16.0. The first kappa shape index (κ1) is 21.1. The molecule has 0 aromatic heterocycles. The molecule has 1 aliphatic rings.